The molecule has 1 fully saturated rings. The molecule has 0 spiro atoms. The molecule has 22 heteroatoms. The number of carbonyl (C=O) groups is 1. The van der Waals surface area contributed by atoms with Gasteiger partial charge in [0.15, 0.2) is 5.82 Å². The number of fused-ring (bicyclic) bond motifs is 5. The molecule has 2 aliphatic rings. The van der Waals surface area contributed by atoms with Gasteiger partial charge in [0.25, 0.3) is 18.8 Å². The second-order valence-electron chi connectivity index (χ2n) is 13.7. The van der Waals surface area contributed by atoms with Crippen LogP contribution in [0.25, 0.3) is 33.1 Å². The van der Waals surface area contributed by atoms with Gasteiger partial charge in [-0.05, 0) is 48.6 Å². The van der Waals surface area contributed by atoms with Crippen LogP contribution in [0.5, 0.6) is 0 Å². The maximum Gasteiger partial charge on any atom is 0.293 e. The van der Waals surface area contributed by atoms with Gasteiger partial charge >= 0.3 is 0 Å². The van der Waals surface area contributed by atoms with E-state index in [1.807, 2.05) is 0 Å². The first-order valence-corrected chi connectivity index (χ1v) is 18.9. The van der Waals surface area contributed by atoms with E-state index in [0.717, 1.165) is 23.1 Å². The zero-order valence-corrected chi connectivity index (χ0v) is 30.0. The molecule has 4 heterocycles. The third-order valence-electron chi connectivity index (χ3n) is 9.97. The fourth-order valence-electron chi connectivity index (χ4n) is 7.84. The van der Waals surface area contributed by atoms with Crippen LogP contribution in [0.3, 0.4) is 0 Å². The van der Waals surface area contributed by atoms with Gasteiger partial charge in [0.2, 0.25) is 15.9 Å². The number of primary amides is 1. The molecule has 2 aliphatic carbocycles. The first-order chi connectivity index (χ1) is 26.3. The summed E-state index contributed by atoms with van der Waals surface area (Å²) in [6.45, 7) is -1.09. The third kappa shape index (κ3) is 6.29. The van der Waals surface area contributed by atoms with E-state index >= 15 is 8.78 Å². The smallest absolute Gasteiger partial charge is 0.293 e. The van der Waals surface area contributed by atoms with Gasteiger partial charge in [0.1, 0.15) is 41.1 Å². The summed E-state index contributed by atoms with van der Waals surface area (Å²) in [5, 5.41) is 14.3. The first kappa shape index (κ1) is 37.6. The van der Waals surface area contributed by atoms with Gasteiger partial charge in [0, 0.05) is 34.6 Å². The van der Waals surface area contributed by atoms with Crippen LogP contribution in [0.2, 0.25) is 5.02 Å². The number of H-pyrrole nitrogens is 1. The van der Waals surface area contributed by atoms with Crippen molar-refractivity contribution in [3.63, 3.8) is 0 Å². The van der Waals surface area contributed by atoms with Crippen molar-refractivity contribution in [3.8, 4) is 11.1 Å². The van der Waals surface area contributed by atoms with Crippen LogP contribution in [0, 0.1) is 17.6 Å². The summed E-state index contributed by atoms with van der Waals surface area (Å²) in [4.78, 5) is 18.4. The fraction of sp³-hybridized carbons (Fsp3) is 0.324. The van der Waals surface area contributed by atoms with E-state index in [4.69, 9.17) is 17.3 Å². The molecule has 1 amide bonds. The Hall–Kier alpha value is -5.31. The Morgan fingerprint density at radius 2 is 1.79 bits per heavy atom. The summed E-state index contributed by atoms with van der Waals surface area (Å²) in [5.41, 5.74) is 3.28. The number of carbonyl (C=O) groups excluding carboxylic acids is 1. The molecule has 0 radical (unpaired) electrons. The van der Waals surface area contributed by atoms with Crippen molar-refractivity contribution in [2.24, 2.45) is 11.7 Å². The van der Waals surface area contributed by atoms with Gasteiger partial charge in [-0.1, -0.05) is 17.7 Å². The minimum Gasteiger partial charge on any atom is -0.368 e. The number of hydrogen-bond acceptors (Lipinski definition) is 7. The molecule has 8 rings (SSSR count). The molecule has 2 aromatic carbocycles. The number of nitrogens with zero attached hydrogens (tertiary/aromatic N) is 6. The molecule has 12 nitrogen and oxygen atoms in total. The number of nitrogens with one attached hydrogen (secondary N) is 2. The summed E-state index contributed by atoms with van der Waals surface area (Å²) in [6.07, 6.45) is -5.05. The lowest BCUT2D eigenvalue weighted by Gasteiger charge is -2.29. The number of hydrogen-bond donors (Lipinski definition) is 3. The van der Waals surface area contributed by atoms with Crippen LogP contribution < -0.4 is 10.5 Å². The van der Waals surface area contributed by atoms with Gasteiger partial charge in [0.05, 0.1) is 39.6 Å². The Kier molecular flexibility index (Phi) is 8.82. The second-order valence-corrected chi connectivity index (χ2v) is 15.9. The van der Waals surface area contributed by atoms with Crippen molar-refractivity contribution in [1.29, 1.82) is 0 Å². The molecule has 1 unspecified atom stereocenters. The highest BCUT2D eigenvalue weighted by molar-refractivity contribution is 7.92. The lowest BCUT2D eigenvalue weighted by molar-refractivity contribution is -0.122. The largest absolute Gasteiger partial charge is 0.368 e. The predicted octanol–water partition coefficient (Wildman–Crippen LogP) is 6.94. The van der Waals surface area contributed by atoms with E-state index in [1.165, 1.54) is 24.4 Å². The Bertz CT molecular complexity index is 2680. The minimum atomic E-state index is -4.07. The van der Waals surface area contributed by atoms with E-state index in [9.17, 15) is 39.6 Å². The fourth-order valence-corrected chi connectivity index (χ4v) is 8.58. The summed E-state index contributed by atoms with van der Waals surface area (Å²) in [7, 11) is -4.07. The number of benzene rings is 2. The second kappa shape index (κ2) is 13.1. The monoisotopic (exact) mass is 827 g/mol. The van der Waals surface area contributed by atoms with Gasteiger partial charge in [-0.15, -0.1) is 0 Å². The van der Waals surface area contributed by atoms with Crippen LogP contribution >= 0.6 is 11.6 Å². The lowest BCUT2D eigenvalue weighted by Crippen LogP contribution is -2.37. The molecule has 0 bridgehead atoms. The summed E-state index contributed by atoms with van der Waals surface area (Å²) in [5.74, 6) is -11.6. The highest BCUT2D eigenvalue weighted by Crippen LogP contribution is 2.68. The number of amides is 1. The van der Waals surface area contributed by atoms with E-state index in [2.05, 4.69) is 30.1 Å². The number of anilines is 1. The van der Waals surface area contributed by atoms with Crippen LogP contribution in [-0.2, 0) is 33.7 Å². The van der Waals surface area contributed by atoms with Crippen molar-refractivity contribution < 1.29 is 48.3 Å². The number of aromatic amines is 1. The molecule has 4 aromatic heterocycles. The van der Waals surface area contributed by atoms with Gasteiger partial charge < -0.3 is 5.73 Å². The van der Waals surface area contributed by atoms with E-state index in [0.29, 0.717) is 10.7 Å². The Morgan fingerprint density at radius 3 is 2.43 bits per heavy atom. The number of halogens is 9. The molecule has 1 saturated carbocycles. The summed E-state index contributed by atoms with van der Waals surface area (Å²) in [6, 6.07) is 4.28. The number of pyridine rings is 1. The van der Waals surface area contributed by atoms with Crippen LogP contribution in [-0.4, -0.2) is 61.7 Å². The topological polar surface area (TPSA) is 166 Å². The number of sulfonamides is 1. The van der Waals surface area contributed by atoms with E-state index in [1.54, 1.807) is 0 Å². The molecule has 0 aliphatic heterocycles. The van der Waals surface area contributed by atoms with Gasteiger partial charge in [-0.2, -0.15) is 24.1 Å². The van der Waals surface area contributed by atoms with Crippen molar-refractivity contribution in [3.05, 3.63) is 87.5 Å². The molecule has 294 valence electrons. The van der Waals surface area contributed by atoms with Crippen LogP contribution in [0.1, 0.15) is 58.9 Å². The van der Waals surface area contributed by atoms with E-state index in [-0.39, 0.29) is 55.8 Å². The number of alkyl halides is 6. The quantitative estimate of drug-likeness (QED) is 0.112. The third-order valence-corrected chi connectivity index (χ3v) is 10.8. The zero-order chi connectivity index (χ0) is 40.2. The SMILES string of the molecule is CS(=O)(=O)Nc1nn(CC(F)F)c2c(-c3cc4[nH]ncc4nc3[C@@H](Cc3cc(F)cc(F)c3)C(C(N)=O)n3nc(C(F)F)c4c3C(F)(F)[C@@H]3C[C@H]43)ccc(Cl)c12. The predicted molar refractivity (Wildman–Crippen MR) is 185 cm³/mol. The Balaban J connectivity index is 1.45. The Labute approximate surface area is 315 Å². The lowest BCUT2D eigenvalue weighted by atomic mass is 9.84. The highest BCUT2D eigenvalue weighted by Gasteiger charge is 2.67. The molecule has 4 N–H and O–H groups in total. The number of rotatable bonds is 12. The molecule has 4 atom stereocenters. The normalized spacial score (nSPS) is 18.5. The number of nitrogens with two attached hydrogens (primary N) is 1. The maximum absolute atomic E-state index is 16.0. The van der Waals surface area contributed by atoms with Crippen molar-refractivity contribution in [2.75, 3.05) is 11.0 Å². The average Bonchev–Trinajstić information content (AvgIpc) is 3.31. The summed E-state index contributed by atoms with van der Waals surface area (Å²) >= 11 is 6.53. The van der Waals surface area contributed by atoms with Gasteiger partial charge in [-0.3, -0.25) is 19.3 Å². The zero-order valence-electron chi connectivity index (χ0n) is 28.4. The minimum absolute atomic E-state index is 0.0257. The van der Waals surface area contributed by atoms with Crippen molar-refractivity contribution >= 4 is 55.3 Å². The highest BCUT2D eigenvalue weighted by atomic mass is 35.5. The van der Waals surface area contributed by atoms with Crippen molar-refractivity contribution in [1.82, 2.24) is 34.7 Å². The van der Waals surface area contributed by atoms with Crippen LogP contribution in [0.4, 0.5) is 40.9 Å². The molecule has 0 saturated heterocycles. The van der Waals surface area contributed by atoms with Crippen molar-refractivity contribution in [2.45, 2.75) is 56.0 Å². The van der Waals surface area contributed by atoms with Crippen LogP contribution in [0.15, 0.2) is 42.6 Å². The standard InChI is InChI=1S/C34H26ClF8N9O3S/c1-56(54,55)50-33-25-20(35)3-2-15(28(25)51(49-33)11-23(38)39)16-9-21-22(10-45-47-21)46-26(16)18(6-12-4-13(36)7-14(37)5-12)29(32(44)53)52-30-24(27(48-52)31(40)41)17-8-19(17)34(30,42)43/h2-5,7,9-10,17-19,23,29,31H,6,8,11H2,1H3,(H2,44,53)(H,45,47)(H,49,50)/t17-,18+,19+,29?/m0/s1. The average molecular weight is 828 g/mol. The molecular weight excluding hydrogens is 802 g/mol. The van der Waals surface area contributed by atoms with Gasteiger partial charge in [-0.25, -0.2) is 44.4 Å². The first-order valence-electron chi connectivity index (χ1n) is 16.7. The molecule has 6 aromatic rings. The summed E-state index contributed by atoms with van der Waals surface area (Å²) < 4.78 is 146. The molecule has 56 heavy (non-hydrogen) atoms. The maximum atomic E-state index is 16.0. The number of aromatic nitrogens is 7. The Morgan fingerprint density at radius 1 is 1.07 bits per heavy atom. The van der Waals surface area contributed by atoms with E-state index < -0.39 is 106 Å². The molecular formula is C34H26ClF8N9O3S.